The molecule has 150 valence electrons. The molecule has 1 aliphatic heterocycles. The van der Waals surface area contributed by atoms with Gasteiger partial charge in [-0.25, -0.2) is 8.42 Å². The molecule has 0 saturated carbocycles. The van der Waals surface area contributed by atoms with Gasteiger partial charge in [0.05, 0.1) is 18.1 Å². The van der Waals surface area contributed by atoms with Crippen LogP contribution in [0.4, 0.5) is 0 Å². The van der Waals surface area contributed by atoms with E-state index in [4.69, 9.17) is 16.3 Å². The molecule has 0 radical (unpaired) electrons. The van der Waals surface area contributed by atoms with Crippen LogP contribution in [0.3, 0.4) is 0 Å². The molecule has 1 saturated heterocycles. The van der Waals surface area contributed by atoms with Crippen molar-refractivity contribution in [3.05, 3.63) is 64.7 Å². The van der Waals surface area contributed by atoms with Crippen molar-refractivity contribution in [1.82, 2.24) is 4.90 Å². The van der Waals surface area contributed by atoms with Crippen LogP contribution in [0.15, 0.2) is 48.5 Å². The van der Waals surface area contributed by atoms with E-state index in [-0.39, 0.29) is 23.5 Å². The van der Waals surface area contributed by atoms with E-state index in [1.807, 2.05) is 25.1 Å². The molecular formula is C21H24ClNO4S. The Morgan fingerprint density at radius 1 is 1.21 bits per heavy atom. The maximum absolute atomic E-state index is 13.3. The van der Waals surface area contributed by atoms with Gasteiger partial charge in [0.1, 0.15) is 5.75 Å². The first-order chi connectivity index (χ1) is 13.4. The number of amides is 1. The summed E-state index contributed by atoms with van der Waals surface area (Å²) in [6.45, 7) is 2.92. The van der Waals surface area contributed by atoms with Crippen LogP contribution < -0.4 is 4.74 Å². The number of nitrogens with zero attached hydrogens (tertiary/aromatic N) is 1. The van der Waals surface area contributed by atoms with E-state index in [9.17, 15) is 13.2 Å². The third kappa shape index (κ3) is 5.26. The molecule has 0 aromatic heterocycles. The smallest absolute Gasteiger partial charge is 0.254 e. The first kappa shape index (κ1) is 20.7. The van der Waals surface area contributed by atoms with Crippen LogP contribution in [0.2, 0.25) is 5.02 Å². The largest absolute Gasteiger partial charge is 0.494 e. The Kier molecular flexibility index (Phi) is 6.62. The Hall–Kier alpha value is -2.05. The second-order valence-corrected chi connectivity index (χ2v) is 9.66. The molecule has 28 heavy (non-hydrogen) atoms. The van der Waals surface area contributed by atoms with Gasteiger partial charge in [0.25, 0.3) is 5.91 Å². The average molecular weight is 422 g/mol. The van der Waals surface area contributed by atoms with Crippen molar-refractivity contribution in [3.63, 3.8) is 0 Å². The zero-order chi connectivity index (χ0) is 20.1. The summed E-state index contributed by atoms with van der Waals surface area (Å²) in [5.74, 6) is 0.553. The van der Waals surface area contributed by atoms with Gasteiger partial charge < -0.3 is 9.64 Å². The Bertz CT molecular complexity index is 928. The van der Waals surface area contributed by atoms with E-state index in [0.717, 1.165) is 12.0 Å². The van der Waals surface area contributed by atoms with Gasteiger partial charge in [-0.2, -0.15) is 0 Å². The second-order valence-electron chi connectivity index (χ2n) is 6.99. The number of rotatable bonds is 7. The van der Waals surface area contributed by atoms with E-state index in [1.54, 1.807) is 35.2 Å². The molecular weight excluding hydrogens is 398 g/mol. The van der Waals surface area contributed by atoms with Crippen molar-refractivity contribution in [2.45, 2.75) is 32.4 Å². The first-order valence-electron chi connectivity index (χ1n) is 9.36. The molecule has 0 N–H and O–H groups in total. The molecule has 0 spiro atoms. The second kappa shape index (κ2) is 8.97. The fourth-order valence-corrected chi connectivity index (χ4v) is 5.14. The summed E-state index contributed by atoms with van der Waals surface area (Å²) in [4.78, 5) is 14.9. The van der Waals surface area contributed by atoms with Crippen molar-refractivity contribution in [2.75, 3.05) is 18.1 Å². The fraction of sp³-hybridized carbons (Fsp3) is 0.381. The SMILES string of the molecule is CCCOc1cccc(C(=O)N(Cc2ccc(Cl)cc2)[C@H]2CCS(=O)(=O)C2)c1. The number of halogens is 1. The minimum Gasteiger partial charge on any atom is -0.494 e. The van der Waals surface area contributed by atoms with Crippen molar-refractivity contribution in [2.24, 2.45) is 0 Å². The van der Waals surface area contributed by atoms with Crippen molar-refractivity contribution in [3.8, 4) is 5.75 Å². The van der Waals surface area contributed by atoms with E-state index >= 15 is 0 Å². The van der Waals surface area contributed by atoms with Crippen molar-refractivity contribution in [1.29, 1.82) is 0 Å². The van der Waals surface area contributed by atoms with Gasteiger partial charge in [-0.05, 0) is 48.7 Å². The van der Waals surface area contributed by atoms with E-state index in [0.29, 0.717) is 35.9 Å². The maximum Gasteiger partial charge on any atom is 0.254 e. The van der Waals surface area contributed by atoms with Crippen molar-refractivity contribution < 1.29 is 17.9 Å². The minimum atomic E-state index is -3.12. The predicted molar refractivity (Wildman–Crippen MR) is 111 cm³/mol. The number of benzene rings is 2. The van der Waals surface area contributed by atoms with Crippen LogP contribution >= 0.6 is 11.6 Å². The summed E-state index contributed by atoms with van der Waals surface area (Å²) in [5, 5.41) is 0.617. The normalized spacial score (nSPS) is 18.0. The van der Waals surface area contributed by atoms with Crippen LogP contribution in [-0.2, 0) is 16.4 Å². The molecule has 0 unspecified atom stereocenters. The lowest BCUT2D eigenvalue weighted by Gasteiger charge is -2.28. The molecule has 1 amide bonds. The lowest BCUT2D eigenvalue weighted by Crippen LogP contribution is -2.40. The molecule has 1 atom stereocenters. The van der Waals surface area contributed by atoms with E-state index in [1.165, 1.54) is 0 Å². The number of ether oxygens (including phenoxy) is 1. The summed E-state index contributed by atoms with van der Waals surface area (Å²) in [5.41, 5.74) is 1.40. The van der Waals surface area contributed by atoms with Crippen LogP contribution in [0, 0.1) is 0 Å². The molecule has 1 fully saturated rings. The third-order valence-corrected chi connectivity index (χ3v) is 6.73. The molecule has 0 aliphatic carbocycles. The minimum absolute atomic E-state index is 0.00163. The van der Waals surface area contributed by atoms with Gasteiger partial charge in [-0.3, -0.25) is 4.79 Å². The Balaban J connectivity index is 1.87. The molecule has 5 nitrogen and oxygen atoms in total. The standard InChI is InChI=1S/C21H24ClNO4S/c1-2-11-27-20-5-3-4-17(13-20)21(24)23(19-10-12-28(25,26)15-19)14-16-6-8-18(22)9-7-16/h3-9,13,19H,2,10-12,14-15H2,1H3/t19-/m0/s1. The van der Waals surface area contributed by atoms with Gasteiger partial charge in [0, 0.05) is 23.2 Å². The Morgan fingerprint density at radius 2 is 1.96 bits per heavy atom. The van der Waals surface area contributed by atoms with Crippen LogP contribution in [0.25, 0.3) is 0 Å². The lowest BCUT2D eigenvalue weighted by molar-refractivity contribution is 0.0680. The van der Waals surface area contributed by atoms with Gasteiger partial charge >= 0.3 is 0 Å². The zero-order valence-corrected chi connectivity index (χ0v) is 17.4. The van der Waals surface area contributed by atoms with Crippen LogP contribution in [0.5, 0.6) is 5.75 Å². The van der Waals surface area contributed by atoms with Crippen LogP contribution in [-0.4, -0.2) is 43.4 Å². The third-order valence-electron chi connectivity index (χ3n) is 4.73. The fourth-order valence-electron chi connectivity index (χ4n) is 3.28. The highest BCUT2D eigenvalue weighted by Crippen LogP contribution is 2.24. The molecule has 2 aromatic carbocycles. The summed E-state index contributed by atoms with van der Waals surface area (Å²) in [6.07, 6.45) is 1.33. The Morgan fingerprint density at radius 3 is 2.61 bits per heavy atom. The number of hydrogen-bond donors (Lipinski definition) is 0. The first-order valence-corrected chi connectivity index (χ1v) is 11.6. The molecule has 1 heterocycles. The summed E-state index contributed by atoms with van der Waals surface area (Å²) >= 11 is 5.96. The highest BCUT2D eigenvalue weighted by atomic mass is 35.5. The summed E-state index contributed by atoms with van der Waals surface area (Å²) in [7, 11) is -3.12. The van der Waals surface area contributed by atoms with Crippen molar-refractivity contribution >= 4 is 27.3 Å². The lowest BCUT2D eigenvalue weighted by atomic mass is 10.1. The molecule has 2 aromatic rings. The monoisotopic (exact) mass is 421 g/mol. The quantitative estimate of drug-likeness (QED) is 0.678. The van der Waals surface area contributed by atoms with Crippen LogP contribution in [0.1, 0.15) is 35.7 Å². The van der Waals surface area contributed by atoms with E-state index < -0.39 is 9.84 Å². The number of carbonyl (C=O) groups excluding carboxylic acids is 1. The average Bonchev–Trinajstić information content (AvgIpc) is 3.05. The number of sulfone groups is 1. The summed E-state index contributed by atoms with van der Waals surface area (Å²) in [6, 6.07) is 14.0. The van der Waals surface area contributed by atoms with Gasteiger partial charge in [0.15, 0.2) is 9.84 Å². The number of carbonyl (C=O) groups is 1. The molecule has 3 rings (SSSR count). The van der Waals surface area contributed by atoms with Gasteiger partial charge in [-0.1, -0.05) is 36.7 Å². The summed E-state index contributed by atoms with van der Waals surface area (Å²) < 4.78 is 29.6. The molecule has 7 heteroatoms. The predicted octanol–water partition coefficient (Wildman–Crippen LogP) is 3.96. The molecule has 1 aliphatic rings. The zero-order valence-electron chi connectivity index (χ0n) is 15.8. The highest BCUT2D eigenvalue weighted by molar-refractivity contribution is 7.91. The highest BCUT2D eigenvalue weighted by Gasteiger charge is 2.35. The molecule has 0 bridgehead atoms. The van der Waals surface area contributed by atoms with Gasteiger partial charge in [0.2, 0.25) is 0 Å². The van der Waals surface area contributed by atoms with E-state index in [2.05, 4.69) is 0 Å². The Labute approximate surface area is 171 Å². The number of hydrogen-bond acceptors (Lipinski definition) is 4. The van der Waals surface area contributed by atoms with Gasteiger partial charge in [-0.15, -0.1) is 0 Å². The maximum atomic E-state index is 13.3. The topological polar surface area (TPSA) is 63.7 Å².